The Labute approximate surface area is 174 Å². The van der Waals surface area contributed by atoms with E-state index in [1.807, 2.05) is 49.4 Å². The standard InChI is InChI=1S/C24H32N2O3/c1-17-5-8-23(15-18(17)2)28-19(3)24(27)25-16-20-6-9-21(10-7-20)29-22-11-13-26(4)14-12-22/h5-10,15,19,22H,11-14,16H2,1-4H3,(H,25,27). The summed E-state index contributed by atoms with van der Waals surface area (Å²) in [5.74, 6) is 1.47. The molecule has 1 atom stereocenters. The van der Waals surface area contributed by atoms with Gasteiger partial charge in [0, 0.05) is 19.6 Å². The second-order valence-electron chi connectivity index (χ2n) is 7.99. The Morgan fingerprint density at radius 1 is 1.07 bits per heavy atom. The van der Waals surface area contributed by atoms with Crippen LogP contribution in [0.2, 0.25) is 0 Å². The molecule has 1 aliphatic rings. The fourth-order valence-electron chi connectivity index (χ4n) is 3.36. The summed E-state index contributed by atoms with van der Waals surface area (Å²) in [7, 11) is 2.15. The summed E-state index contributed by atoms with van der Waals surface area (Å²) < 4.78 is 11.8. The summed E-state index contributed by atoms with van der Waals surface area (Å²) in [6.45, 7) is 8.48. The van der Waals surface area contributed by atoms with Crippen LogP contribution in [-0.2, 0) is 11.3 Å². The first-order valence-electron chi connectivity index (χ1n) is 10.4. The lowest BCUT2D eigenvalue weighted by molar-refractivity contribution is -0.127. The van der Waals surface area contributed by atoms with E-state index in [0.717, 1.165) is 42.8 Å². The van der Waals surface area contributed by atoms with E-state index in [1.54, 1.807) is 6.92 Å². The number of likely N-dealkylation sites (tertiary alicyclic amines) is 1. The summed E-state index contributed by atoms with van der Waals surface area (Å²) in [6, 6.07) is 13.8. The van der Waals surface area contributed by atoms with Gasteiger partial charge in [-0.2, -0.15) is 0 Å². The number of hydrogen-bond acceptors (Lipinski definition) is 4. The number of nitrogens with one attached hydrogen (secondary N) is 1. The highest BCUT2D eigenvalue weighted by Gasteiger charge is 2.18. The molecule has 1 heterocycles. The van der Waals surface area contributed by atoms with Gasteiger partial charge in [-0.15, -0.1) is 0 Å². The lowest BCUT2D eigenvalue weighted by Crippen LogP contribution is -2.36. The van der Waals surface area contributed by atoms with Crippen molar-refractivity contribution in [1.29, 1.82) is 0 Å². The molecular formula is C24H32N2O3. The van der Waals surface area contributed by atoms with Crippen LogP contribution in [0.4, 0.5) is 0 Å². The van der Waals surface area contributed by atoms with Gasteiger partial charge in [-0.05, 0) is 81.6 Å². The molecule has 3 rings (SSSR count). The zero-order chi connectivity index (χ0) is 20.8. The van der Waals surface area contributed by atoms with E-state index in [1.165, 1.54) is 5.56 Å². The van der Waals surface area contributed by atoms with Crippen LogP contribution in [0.5, 0.6) is 11.5 Å². The number of nitrogens with zero attached hydrogens (tertiary/aromatic N) is 1. The molecule has 1 amide bonds. The minimum Gasteiger partial charge on any atom is -0.490 e. The largest absolute Gasteiger partial charge is 0.490 e. The molecule has 29 heavy (non-hydrogen) atoms. The van der Waals surface area contributed by atoms with Crippen LogP contribution in [-0.4, -0.2) is 43.2 Å². The van der Waals surface area contributed by atoms with Gasteiger partial charge < -0.3 is 19.7 Å². The highest BCUT2D eigenvalue weighted by molar-refractivity contribution is 5.80. The zero-order valence-corrected chi connectivity index (χ0v) is 17.9. The molecule has 0 bridgehead atoms. The van der Waals surface area contributed by atoms with E-state index in [0.29, 0.717) is 18.4 Å². The Kier molecular flexibility index (Phi) is 7.15. The molecule has 1 unspecified atom stereocenters. The van der Waals surface area contributed by atoms with Gasteiger partial charge in [0.2, 0.25) is 0 Å². The molecule has 1 N–H and O–H groups in total. The van der Waals surface area contributed by atoms with Gasteiger partial charge in [-0.1, -0.05) is 18.2 Å². The summed E-state index contributed by atoms with van der Waals surface area (Å²) in [4.78, 5) is 14.7. The third-order valence-electron chi connectivity index (χ3n) is 5.52. The van der Waals surface area contributed by atoms with E-state index in [9.17, 15) is 4.79 Å². The van der Waals surface area contributed by atoms with Crippen molar-refractivity contribution in [2.75, 3.05) is 20.1 Å². The minimum atomic E-state index is -0.552. The topological polar surface area (TPSA) is 50.8 Å². The number of aryl methyl sites for hydroxylation is 2. The summed E-state index contributed by atoms with van der Waals surface area (Å²) >= 11 is 0. The molecule has 0 spiro atoms. The van der Waals surface area contributed by atoms with E-state index in [4.69, 9.17) is 9.47 Å². The smallest absolute Gasteiger partial charge is 0.261 e. The van der Waals surface area contributed by atoms with Crippen molar-refractivity contribution in [3.63, 3.8) is 0 Å². The third kappa shape index (κ3) is 6.23. The van der Waals surface area contributed by atoms with Crippen molar-refractivity contribution in [2.24, 2.45) is 0 Å². The molecule has 5 nitrogen and oxygen atoms in total. The molecule has 1 fully saturated rings. The molecule has 1 saturated heterocycles. The maximum Gasteiger partial charge on any atom is 0.261 e. The van der Waals surface area contributed by atoms with Gasteiger partial charge in [0.1, 0.15) is 17.6 Å². The molecule has 0 radical (unpaired) electrons. The Bertz CT molecular complexity index is 811. The van der Waals surface area contributed by atoms with Crippen LogP contribution in [0, 0.1) is 13.8 Å². The predicted molar refractivity (Wildman–Crippen MR) is 115 cm³/mol. The Morgan fingerprint density at radius 2 is 1.72 bits per heavy atom. The average Bonchev–Trinajstić information content (AvgIpc) is 2.71. The van der Waals surface area contributed by atoms with Gasteiger partial charge in [0.15, 0.2) is 6.10 Å². The van der Waals surface area contributed by atoms with Gasteiger partial charge in [-0.3, -0.25) is 4.79 Å². The molecule has 0 aromatic heterocycles. The highest BCUT2D eigenvalue weighted by atomic mass is 16.5. The van der Waals surface area contributed by atoms with E-state index in [2.05, 4.69) is 24.2 Å². The number of hydrogen-bond donors (Lipinski definition) is 1. The van der Waals surface area contributed by atoms with Gasteiger partial charge in [0.05, 0.1) is 0 Å². The Balaban J connectivity index is 1.45. The maximum absolute atomic E-state index is 12.4. The van der Waals surface area contributed by atoms with Crippen molar-refractivity contribution >= 4 is 5.91 Å². The van der Waals surface area contributed by atoms with Crippen molar-refractivity contribution in [2.45, 2.75) is 52.4 Å². The fraction of sp³-hybridized carbons (Fsp3) is 0.458. The van der Waals surface area contributed by atoms with Crippen molar-refractivity contribution < 1.29 is 14.3 Å². The molecule has 5 heteroatoms. The average molecular weight is 397 g/mol. The second kappa shape index (κ2) is 9.79. The number of benzene rings is 2. The van der Waals surface area contributed by atoms with Gasteiger partial charge in [0.25, 0.3) is 5.91 Å². The summed E-state index contributed by atoms with van der Waals surface area (Å²) in [6.07, 6.45) is 1.86. The Morgan fingerprint density at radius 3 is 2.38 bits per heavy atom. The normalized spacial score (nSPS) is 16.3. The fourth-order valence-corrected chi connectivity index (χ4v) is 3.36. The lowest BCUT2D eigenvalue weighted by Gasteiger charge is -2.29. The number of amides is 1. The number of rotatable bonds is 7. The van der Waals surface area contributed by atoms with Crippen molar-refractivity contribution in [3.05, 3.63) is 59.2 Å². The summed E-state index contributed by atoms with van der Waals surface area (Å²) in [5.41, 5.74) is 3.39. The number of ether oxygens (including phenoxy) is 2. The van der Waals surface area contributed by atoms with E-state index in [-0.39, 0.29) is 5.91 Å². The monoisotopic (exact) mass is 396 g/mol. The number of piperidine rings is 1. The molecule has 0 saturated carbocycles. The zero-order valence-electron chi connectivity index (χ0n) is 17.9. The molecule has 1 aliphatic heterocycles. The SMILES string of the molecule is Cc1ccc(OC(C)C(=O)NCc2ccc(OC3CCN(C)CC3)cc2)cc1C. The van der Waals surface area contributed by atoms with Crippen LogP contribution < -0.4 is 14.8 Å². The molecular weight excluding hydrogens is 364 g/mol. The molecule has 156 valence electrons. The highest BCUT2D eigenvalue weighted by Crippen LogP contribution is 2.20. The predicted octanol–water partition coefficient (Wildman–Crippen LogP) is 3.86. The Hall–Kier alpha value is -2.53. The first-order valence-corrected chi connectivity index (χ1v) is 10.4. The van der Waals surface area contributed by atoms with Crippen molar-refractivity contribution in [1.82, 2.24) is 10.2 Å². The van der Waals surface area contributed by atoms with Crippen LogP contribution in [0.15, 0.2) is 42.5 Å². The van der Waals surface area contributed by atoms with Crippen LogP contribution in [0.3, 0.4) is 0 Å². The molecule has 0 aliphatic carbocycles. The quantitative estimate of drug-likeness (QED) is 0.772. The second-order valence-corrected chi connectivity index (χ2v) is 7.99. The number of carbonyl (C=O) groups excluding carboxylic acids is 1. The lowest BCUT2D eigenvalue weighted by atomic mass is 10.1. The summed E-state index contributed by atoms with van der Waals surface area (Å²) in [5, 5.41) is 2.94. The van der Waals surface area contributed by atoms with E-state index < -0.39 is 6.10 Å². The van der Waals surface area contributed by atoms with E-state index >= 15 is 0 Å². The maximum atomic E-state index is 12.4. The van der Waals surface area contributed by atoms with Crippen LogP contribution >= 0.6 is 0 Å². The van der Waals surface area contributed by atoms with Crippen LogP contribution in [0.1, 0.15) is 36.5 Å². The first kappa shape index (κ1) is 21.2. The third-order valence-corrected chi connectivity index (χ3v) is 5.52. The van der Waals surface area contributed by atoms with Crippen molar-refractivity contribution in [3.8, 4) is 11.5 Å². The number of carbonyl (C=O) groups is 1. The minimum absolute atomic E-state index is 0.130. The first-order chi connectivity index (χ1) is 13.9. The van der Waals surface area contributed by atoms with Gasteiger partial charge >= 0.3 is 0 Å². The molecule has 2 aromatic carbocycles. The van der Waals surface area contributed by atoms with Crippen LogP contribution in [0.25, 0.3) is 0 Å². The van der Waals surface area contributed by atoms with Gasteiger partial charge in [-0.25, -0.2) is 0 Å². The molecule has 2 aromatic rings.